The maximum absolute atomic E-state index is 12.3. The molecule has 12 heteroatoms. The number of aromatic nitrogens is 7. The smallest absolute Gasteiger partial charge is 0.262 e. The fourth-order valence-electron chi connectivity index (χ4n) is 3.44. The third kappa shape index (κ3) is 3.46. The number of nitrogens with zero attached hydrogens (tertiary/aromatic N) is 8. The molecule has 0 aromatic carbocycles. The molecule has 4 aromatic heterocycles. The molecule has 1 atom stereocenters. The van der Waals surface area contributed by atoms with E-state index in [0.29, 0.717) is 41.1 Å². The van der Waals surface area contributed by atoms with Crippen LogP contribution in [0.1, 0.15) is 12.2 Å². The Morgan fingerprint density at radius 3 is 2.66 bits per heavy atom. The Morgan fingerprint density at radius 1 is 1.12 bits per heavy atom. The van der Waals surface area contributed by atoms with E-state index >= 15 is 0 Å². The molecule has 1 amide bonds. The molecular formula is C20H19N9O3. The number of aryl methyl sites for hydroxylation is 1. The van der Waals surface area contributed by atoms with Crippen LogP contribution in [0.25, 0.3) is 22.8 Å². The molecule has 2 N–H and O–H groups in total. The van der Waals surface area contributed by atoms with E-state index in [2.05, 4.69) is 35.5 Å². The minimum absolute atomic E-state index is 0.0814. The molecule has 1 aliphatic heterocycles. The summed E-state index contributed by atoms with van der Waals surface area (Å²) >= 11 is 0. The van der Waals surface area contributed by atoms with Crippen molar-refractivity contribution in [1.29, 1.82) is 0 Å². The number of aliphatic hydroxyl groups is 1. The zero-order chi connectivity index (χ0) is 22.3. The topological polar surface area (TPSA) is 148 Å². The molecule has 0 radical (unpaired) electrons. The van der Waals surface area contributed by atoms with E-state index in [4.69, 9.17) is 4.52 Å². The van der Waals surface area contributed by atoms with Crippen molar-refractivity contribution >= 4 is 17.7 Å². The summed E-state index contributed by atoms with van der Waals surface area (Å²) < 4.78 is 6.97. The summed E-state index contributed by atoms with van der Waals surface area (Å²) in [6.45, 7) is 0.434. The first-order valence-electron chi connectivity index (χ1n) is 9.80. The average molecular weight is 433 g/mol. The molecule has 1 aliphatic rings. The zero-order valence-corrected chi connectivity index (χ0v) is 17.3. The van der Waals surface area contributed by atoms with Crippen LogP contribution in [0, 0.1) is 0 Å². The van der Waals surface area contributed by atoms with Gasteiger partial charge in [0.25, 0.3) is 5.91 Å². The number of nitrogens with one attached hydrogen (secondary N) is 1. The Morgan fingerprint density at radius 2 is 1.94 bits per heavy atom. The van der Waals surface area contributed by atoms with Gasteiger partial charge in [-0.15, -0.1) is 0 Å². The van der Waals surface area contributed by atoms with Gasteiger partial charge in [0, 0.05) is 51.6 Å². The normalized spacial score (nSPS) is 18.3. The first-order valence-corrected chi connectivity index (χ1v) is 9.80. The fraction of sp³-hybridized carbons (Fsp3) is 0.250. The molecule has 5 rings (SSSR count). The summed E-state index contributed by atoms with van der Waals surface area (Å²) in [4.78, 5) is 31.2. The molecule has 1 saturated heterocycles. The van der Waals surface area contributed by atoms with E-state index in [1.54, 1.807) is 42.5 Å². The number of hydrogen-bond donors (Lipinski definition) is 2. The fourth-order valence-corrected chi connectivity index (χ4v) is 3.44. The number of rotatable bonds is 5. The highest BCUT2D eigenvalue weighted by Gasteiger charge is 2.48. The van der Waals surface area contributed by atoms with Gasteiger partial charge in [-0.25, -0.2) is 15.0 Å². The number of anilines is 2. The van der Waals surface area contributed by atoms with Gasteiger partial charge >= 0.3 is 0 Å². The van der Waals surface area contributed by atoms with Crippen LogP contribution in [0.5, 0.6) is 0 Å². The largest absolute Gasteiger partial charge is 0.373 e. The Kier molecular flexibility index (Phi) is 4.63. The summed E-state index contributed by atoms with van der Waals surface area (Å²) in [6, 6.07) is 5.03. The highest BCUT2D eigenvalue weighted by molar-refractivity contribution is 5.87. The molecule has 162 valence electrons. The maximum Gasteiger partial charge on any atom is 0.262 e. The van der Waals surface area contributed by atoms with Gasteiger partial charge in [0.15, 0.2) is 11.6 Å². The highest BCUT2D eigenvalue weighted by Crippen LogP contribution is 2.34. The Balaban J connectivity index is 1.42. The van der Waals surface area contributed by atoms with Crippen molar-refractivity contribution in [2.75, 3.05) is 18.9 Å². The predicted molar refractivity (Wildman–Crippen MR) is 111 cm³/mol. The van der Waals surface area contributed by atoms with Crippen LogP contribution in [0.3, 0.4) is 0 Å². The highest BCUT2D eigenvalue weighted by atomic mass is 16.5. The van der Waals surface area contributed by atoms with Crippen molar-refractivity contribution in [3.63, 3.8) is 0 Å². The van der Waals surface area contributed by atoms with Gasteiger partial charge < -0.3 is 19.8 Å². The van der Waals surface area contributed by atoms with Crippen LogP contribution < -0.4 is 5.32 Å². The lowest BCUT2D eigenvalue weighted by Crippen LogP contribution is -2.35. The van der Waals surface area contributed by atoms with E-state index in [1.165, 1.54) is 17.2 Å². The lowest BCUT2D eigenvalue weighted by molar-refractivity contribution is -0.144. The van der Waals surface area contributed by atoms with E-state index in [9.17, 15) is 9.90 Å². The number of amides is 1. The summed E-state index contributed by atoms with van der Waals surface area (Å²) in [6.07, 6.45) is 6.73. The monoisotopic (exact) mass is 433 g/mol. The molecule has 4 aromatic rings. The third-order valence-electron chi connectivity index (χ3n) is 5.20. The summed E-state index contributed by atoms with van der Waals surface area (Å²) in [5, 5.41) is 22.0. The van der Waals surface area contributed by atoms with Gasteiger partial charge in [-0.2, -0.15) is 5.10 Å². The molecule has 0 bridgehead atoms. The molecule has 1 fully saturated rings. The number of hydrogen-bond acceptors (Lipinski definition) is 10. The zero-order valence-electron chi connectivity index (χ0n) is 17.3. The van der Waals surface area contributed by atoms with Gasteiger partial charge in [0.1, 0.15) is 17.1 Å². The Bertz CT molecular complexity index is 1300. The van der Waals surface area contributed by atoms with Crippen molar-refractivity contribution in [2.24, 2.45) is 7.05 Å². The van der Waals surface area contributed by atoms with Gasteiger partial charge in [-0.05, 0) is 6.07 Å². The first kappa shape index (κ1) is 19.8. The average Bonchev–Trinajstić information content (AvgIpc) is 3.52. The number of carbonyl (C=O) groups excluding carboxylic acids is 1. The van der Waals surface area contributed by atoms with Crippen molar-refractivity contribution in [3.8, 4) is 22.8 Å². The second-order valence-corrected chi connectivity index (χ2v) is 7.47. The van der Waals surface area contributed by atoms with Gasteiger partial charge in [0.05, 0.1) is 18.1 Å². The molecule has 12 nitrogen and oxygen atoms in total. The molecule has 0 saturated carbocycles. The summed E-state index contributed by atoms with van der Waals surface area (Å²) in [5.74, 6) is 0.639. The van der Waals surface area contributed by atoms with Crippen LogP contribution in [0.2, 0.25) is 0 Å². The van der Waals surface area contributed by atoms with E-state index < -0.39 is 11.5 Å². The van der Waals surface area contributed by atoms with E-state index in [-0.39, 0.29) is 12.2 Å². The number of carbonyl (C=O) groups is 1. The van der Waals surface area contributed by atoms with E-state index in [0.717, 1.165) is 0 Å². The van der Waals surface area contributed by atoms with Gasteiger partial charge in [0.2, 0.25) is 11.5 Å². The molecule has 32 heavy (non-hydrogen) atoms. The van der Waals surface area contributed by atoms with Crippen LogP contribution in [0.15, 0.2) is 47.5 Å². The standard InChI is InChI=1S/C20H19N9O3/c1-28-8-5-20(31,18(28)30)16-9-13(27-32-16)15-11-21-10-14(23-15)12-3-6-22-19(24-12)25-17-4-7-29(2)26-17/h3-4,6-7,9-11,31H,5,8H2,1-2H3,(H,22,24,25,26). The second kappa shape index (κ2) is 7.50. The Labute approximate surface area is 182 Å². The second-order valence-electron chi connectivity index (χ2n) is 7.47. The van der Waals surface area contributed by atoms with Crippen molar-refractivity contribution in [1.82, 2.24) is 39.8 Å². The molecular weight excluding hydrogens is 414 g/mol. The third-order valence-corrected chi connectivity index (χ3v) is 5.20. The number of likely N-dealkylation sites (N-methyl/N-ethyl adjacent to an activating group) is 1. The van der Waals surface area contributed by atoms with Crippen LogP contribution >= 0.6 is 0 Å². The molecule has 5 heterocycles. The predicted octanol–water partition coefficient (Wildman–Crippen LogP) is 1.12. The molecule has 0 spiro atoms. The minimum atomic E-state index is -1.72. The quantitative estimate of drug-likeness (QED) is 0.469. The van der Waals surface area contributed by atoms with Crippen molar-refractivity contribution in [2.45, 2.75) is 12.0 Å². The van der Waals surface area contributed by atoms with Crippen LogP contribution in [0.4, 0.5) is 11.8 Å². The summed E-state index contributed by atoms with van der Waals surface area (Å²) in [5.41, 5.74) is 0.0874. The Hall–Kier alpha value is -4.19. The van der Waals surface area contributed by atoms with Crippen molar-refractivity contribution in [3.05, 3.63) is 48.7 Å². The first-order chi connectivity index (χ1) is 15.4. The summed E-state index contributed by atoms with van der Waals surface area (Å²) in [7, 11) is 3.45. The minimum Gasteiger partial charge on any atom is -0.373 e. The van der Waals surface area contributed by atoms with Crippen LogP contribution in [-0.2, 0) is 17.4 Å². The van der Waals surface area contributed by atoms with Gasteiger partial charge in [-0.1, -0.05) is 5.16 Å². The lowest BCUT2D eigenvalue weighted by atomic mass is 9.99. The lowest BCUT2D eigenvalue weighted by Gasteiger charge is -2.16. The maximum atomic E-state index is 12.3. The SMILES string of the molecule is CN1CCC(O)(c2cc(-c3cncc(-c4ccnc(Nc5ccn(C)n5)n4)n3)no2)C1=O. The van der Waals surface area contributed by atoms with Crippen LogP contribution in [-0.4, -0.2) is 64.4 Å². The molecule has 0 aliphatic carbocycles. The van der Waals surface area contributed by atoms with E-state index in [1.807, 2.05) is 7.05 Å². The van der Waals surface area contributed by atoms with Gasteiger partial charge in [-0.3, -0.25) is 14.5 Å². The van der Waals surface area contributed by atoms with Crippen molar-refractivity contribution < 1.29 is 14.4 Å². The number of likely N-dealkylation sites (tertiary alicyclic amines) is 1. The molecule has 1 unspecified atom stereocenters.